The maximum atomic E-state index is 11.5. The van der Waals surface area contributed by atoms with Crippen LogP contribution in [0, 0.1) is 0 Å². The highest BCUT2D eigenvalue weighted by Crippen LogP contribution is 2.37. The van der Waals surface area contributed by atoms with Gasteiger partial charge in [0.2, 0.25) is 17.7 Å². The van der Waals surface area contributed by atoms with Crippen molar-refractivity contribution in [1.82, 2.24) is 9.97 Å². The lowest BCUT2D eigenvalue weighted by Crippen LogP contribution is -2.05. The lowest BCUT2D eigenvalue weighted by atomic mass is 10.0. The number of oxazole rings is 1. The summed E-state index contributed by atoms with van der Waals surface area (Å²) in [7, 11) is 0. The van der Waals surface area contributed by atoms with E-state index in [0.717, 1.165) is 11.1 Å². The van der Waals surface area contributed by atoms with E-state index in [0.29, 0.717) is 16.8 Å². The molecule has 0 aliphatic carbocycles. The van der Waals surface area contributed by atoms with Crippen molar-refractivity contribution in [2.45, 2.75) is 6.92 Å². The largest absolute Gasteiger partial charge is 0.507 e. The summed E-state index contributed by atoms with van der Waals surface area (Å²) in [5.74, 6) is 0.174. The number of phenolic OH excluding ortho intramolecular Hbond substituents is 1. The summed E-state index contributed by atoms with van der Waals surface area (Å²) in [5, 5.41) is 13.2. The molecular weight excluding hydrogens is 354 g/mol. The Morgan fingerprint density at radius 3 is 2.46 bits per heavy atom. The second kappa shape index (κ2) is 7.36. The van der Waals surface area contributed by atoms with Crippen molar-refractivity contribution in [3.8, 4) is 39.6 Å². The predicted molar refractivity (Wildman–Crippen MR) is 107 cm³/mol. The second-order valence-corrected chi connectivity index (χ2v) is 6.22. The Morgan fingerprint density at radius 1 is 1.00 bits per heavy atom. The second-order valence-electron chi connectivity index (χ2n) is 6.22. The van der Waals surface area contributed by atoms with Crippen LogP contribution >= 0.6 is 0 Å². The maximum absolute atomic E-state index is 11.5. The molecule has 2 N–H and O–H groups in total. The molecule has 0 atom stereocenters. The van der Waals surface area contributed by atoms with Crippen molar-refractivity contribution in [2.75, 3.05) is 5.32 Å². The van der Waals surface area contributed by atoms with E-state index in [1.807, 2.05) is 42.5 Å². The van der Waals surface area contributed by atoms with Crippen LogP contribution in [-0.2, 0) is 4.79 Å². The van der Waals surface area contributed by atoms with Gasteiger partial charge in [0.15, 0.2) is 0 Å². The van der Waals surface area contributed by atoms with Gasteiger partial charge in [-0.1, -0.05) is 36.4 Å². The highest BCUT2D eigenvalue weighted by molar-refractivity contribution is 5.91. The van der Waals surface area contributed by atoms with E-state index in [2.05, 4.69) is 15.3 Å². The normalized spacial score (nSPS) is 10.6. The fourth-order valence-corrected chi connectivity index (χ4v) is 2.90. The third kappa shape index (κ3) is 3.48. The van der Waals surface area contributed by atoms with E-state index >= 15 is 0 Å². The van der Waals surface area contributed by atoms with E-state index in [9.17, 15) is 9.90 Å². The lowest BCUT2D eigenvalue weighted by Gasteiger charge is -2.05. The summed E-state index contributed by atoms with van der Waals surface area (Å²) < 4.78 is 5.76. The first-order chi connectivity index (χ1) is 13.6. The van der Waals surface area contributed by atoms with Crippen molar-refractivity contribution >= 4 is 11.8 Å². The van der Waals surface area contributed by atoms with Crippen LogP contribution < -0.4 is 5.32 Å². The Morgan fingerprint density at radius 2 is 1.79 bits per heavy atom. The minimum Gasteiger partial charge on any atom is -0.507 e. The van der Waals surface area contributed by atoms with Crippen LogP contribution in [0.1, 0.15) is 6.92 Å². The van der Waals surface area contributed by atoms with E-state index in [1.54, 1.807) is 30.6 Å². The van der Waals surface area contributed by atoms with Crippen LogP contribution in [0.15, 0.2) is 77.5 Å². The Kier molecular flexibility index (Phi) is 4.60. The fourth-order valence-electron chi connectivity index (χ4n) is 2.90. The molecule has 0 aliphatic heterocycles. The Balaban J connectivity index is 1.77. The van der Waals surface area contributed by atoms with Crippen LogP contribution in [0.2, 0.25) is 0 Å². The third-order valence-electron chi connectivity index (χ3n) is 4.19. The molecule has 1 amide bonds. The molecule has 0 unspecified atom stereocenters. The average Bonchev–Trinajstić information content (AvgIpc) is 3.12. The number of anilines is 1. The van der Waals surface area contributed by atoms with E-state index < -0.39 is 0 Å². The van der Waals surface area contributed by atoms with Gasteiger partial charge in [-0.05, 0) is 35.4 Å². The van der Waals surface area contributed by atoms with Crippen LogP contribution in [0.25, 0.3) is 33.8 Å². The molecule has 0 radical (unpaired) electrons. The van der Waals surface area contributed by atoms with Gasteiger partial charge >= 0.3 is 0 Å². The molecule has 0 aliphatic rings. The summed E-state index contributed by atoms with van der Waals surface area (Å²) in [6, 6.07) is 18.6. The molecule has 0 saturated heterocycles. The zero-order valence-corrected chi connectivity index (χ0v) is 15.1. The van der Waals surface area contributed by atoms with Crippen LogP contribution in [0.3, 0.4) is 0 Å². The number of phenols is 1. The third-order valence-corrected chi connectivity index (χ3v) is 4.19. The van der Waals surface area contributed by atoms with Gasteiger partial charge in [0, 0.05) is 24.9 Å². The molecule has 2 aromatic heterocycles. The number of amides is 1. The van der Waals surface area contributed by atoms with Crippen molar-refractivity contribution in [2.24, 2.45) is 0 Å². The highest BCUT2D eigenvalue weighted by atomic mass is 16.4. The molecule has 0 bridgehead atoms. The van der Waals surface area contributed by atoms with Gasteiger partial charge in [0.1, 0.15) is 11.4 Å². The minimum atomic E-state index is -0.281. The monoisotopic (exact) mass is 371 g/mol. The smallest absolute Gasteiger partial charge is 0.233 e. The van der Waals surface area contributed by atoms with E-state index in [4.69, 9.17) is 4.42 Å². The quantitative estimate of drug-likeness (QED) is 0.541. The molecule has 0 spiro atoms. The number of nitrogens with zero attached hydrogens (tertiary/aromatic N) is 2. The van der Waals surface area contributed by atoms with Gasteiger partial charge in [-0.15, -0.1) is 0 Å². The Bertz CT molecular complexity index is 1120. The van der Waals surface area contributed by atoms with Crippen molar-refractivity contribution < 1.29 is 14.3 Å². The number of hydrogen-bond donors (Lipinski definition) is 2. The summed E-state index contributed by atoms with van der Waals surface area (Å²) in [6.07, 6.45) is 3.28. The molecular formula is C22H17N3O3. The number of benzene rings is 2. The Labute approximate surface area is 161 Å². The average molecular weight is 371 g/mol. The van der Waals surface area contributed by atoms with Gasteiger partial charge < -0.3 is 9.52 Å². The van der Waals surface area contributed by atoms with Crippen LogP contribution in [0.4, 0.5) is 5.88 Å². The molecule has 138 valence electrons. The van der Waals surface area contributed by atoms with E-state index in [-0.39, 0.29) is 23.4 Å². The zero-order chi connectivity index (χ0) is 19.5. The minimum absolute atomic E-state index is 0.0368. The topological polar surface area (TPSA) is 88.2 Å². The van der Waals surface area contributed by atoms with Gasteiger partial charge in [-0.25, -0.2) is 4.98 Å². The predicted octanol–water partition coefficient (Wildman–Crippen LogP) is 4.73. The standard InChI is InChI=1S/C22H17N3O3/c1-14(26)24-22-20(17-8-5-11-23-13-17)25-21(28-22)18-10-9-16(12-19(18)27)15-6-3-2-4-7-15/h2-13,27H,1H3,(H,24,26). The molecule has 6 heteroatoms. The maximum Gasteiger partial charge on any atom is 0.233 e. The van der Waals surface area contributed by atoms with Crippen molar-refractivity contribution in [3.63, 3.8) is 0 Å². The number of carbonyl (C=O) groups excluding carboxylic acids is 1. The number of pyridine rings is 1. The molecule has 0 saturated carbocycles. The van der Waals surface area contributed by atoms with Gasteiger partial charge in [-0.3, -0.25) is 15.1 Å². The molecule has 4 aromatic rings. The van der Waals surface area contributed by atoms with Gasteiger partial charge in [0.25, 0.3) is 0 Å². The van der Waals surface area contributed by atoms with Crippen molar-refractivity contribution in [1.29, 1.82) is 0 Å². The Hall–Kier alpha value is -3.93. The SMILES string of the molecule is CC(=O)Nc1oc(-c2ccc(-c3ccccc3)cc2O)nc1-c1cccnc1. The van der Waals surface area contributed by atoms with Gasteiger partial charge in [-0.2, -0.15) is 0 Å². The zero-order valence-electron chi connectivity index (χ0n) is 15.1. The summed E-state index contributed by atoms with van der Waals surface area (Å²) >= 11 is 0. The van der Waals surface area contributed by atoms with E-state index in [1.165, 1.54) is 6.92 Å². The number of aromatic hydroxyl groups is 1. The fraction of sp³-hybridized carbons (Fsp3) is 0.0455. The molecule has 2 heterocycles. The molecule has 2 aromatic carbocycles. The number of aromatic nitrogens is 2. The molecule has 4 rings (SSSR count). The summed E-state index contributed by atoms with van der Waals surface area (Å²) in [5.41, 5.74) is 3.45. The van der Waals surface area contributed by atoms with Gasteiger partial charge in [0.05, 0.1) is 5.56 Å². The number of rotatable bonds is 4. The summed E-state index contributed by atoms with van der Waals surface area (Å²) in [4.78, 5) is 20.1. The highest BCUT2D eigenvalue weighted by Gasteiger charge is 2.19. The van der Waals surface area contributed by atoms with Crippen LogP contribution in [0.5, 0.6) is 5.75 Å². The lowest BCUT2D eigenvalue weighted by molar-refractivity contribution is -0.114. The number of nitrogens with one attached hydrogen (secondary N) is 1. The van der Waals surface area contributed by atoms with Crippen molar-refractivity contribution in [3.05, 3.63) is 73.1 Å². The molecule has 28 heavy (non-hydrogen) atoms. The first-order valence-electron chi connectivity index (χ1n) is 8.69. The first-order valence-corrected chi connectivity index (χ1v) is 8.69. The summed E-state index contributed by atoms with van der Waals surface area (Å²) in [6.45, 7) is 1.39. The number of hydrogen-bond acceptors (Lipinski definition) is 5. The number of carbonyl (C=O) groups is 1. The van der Waals surface area contributed by atoms with Crippen LogP contribution in [-0.4, -0.2) is 21.0 Å². The molecule has 0 fully saturated rings. The molecule has 6 nitrogen and oxygen atoms in total. The first kappa shape index (κ1) is 17.5.